The van der Waals surface area contributed by atoms with Gasteiger partial charge in [0.25, 0.3) is 11.6 Å². The van der Waals surface area contributed by atoms with Gasteiger partial charge in [0.2, 0.25) is 5.82 Å². The number of rotatable bonds is 6. The van der Waals surface area contributed by atoms with Gasteiger partial charge in [-0.2, -0.15) is 10.1 Å². The number of nitrogens with one attached hydrogen (secondary N) is 1. The zero-order valence-electron chi connectivity index (χ0n) is 15.1. The maximum absolute atomic E-state index is 10.8. The molecule has 0 unspecified atom stereocenters. The molecule has 0 aliphatic heterocycles. The van der Waals surface area contributed by atoms with Crippen molar-refractivity contribution in [3.63, 3.8) is 0 Å². The van der Waals surface area contributed by atoms with Crippen molar-refractivity contribution >= 4 is 17.1 Å². The number of nitro groups is 1. The second kappa shape index (κ2) is 8.13. The summed E-state index contributed by atoms with van der Waals surface area (Å²) in [5.74, 6) is 0.547. The fraction of sp³-hybridized carbons (Fsp3) is 0. The second-order valence-electron chi connectivity index (χ2n) is 6.03. The number of anilines is 1. The van der Waals surface area contributed by atoms with Crippen LogP contribution in [-0.4, -0.2) is 20.8 Å². The van der Waals surface area contributed by atoms with Crippen LogP contribution in [0.2, 0.25) is 0 Å². The third-order valence-corrected chi connectivity index (χ3v) is 4.08. The lowest BCUT2D eigenvalue weighted by Gasteiger charge is -2.04. The third kappa shape index (κ3) is 4.16. The van der Waals surface area contributed by atoms with E-state index in [-0.39, 0.29) is 11.6 Å². The number of nitro benzene ring substituents is 1. The molecule has 0 spiro atoms. The number of non-ortho nitro benzene ring substituents is 1. The molecule has 0 bridgehead atoms. The van der Waals surface area contributed by atoms with E-state index >= 15 is 0 Å². The van der Waals surface area contributed by atoms with Gasteiger partial charge in [0.1, 0.15) is 5.71 Å². The van der Waals surface area contributed by atoms with Crippen LogP contribution in [0.3, 0.4) is 0 Å². The molecule has 0 aliphatic rings. The number of benzene rings is 3. The molecule has 4 rings (SSSR count). The molecule has 29 heavy (non-hydrogen) atoms. The van der Waals surface area contributed by atoms with E-state index in [0.29, 0.717) is 17.1 Å². The SMILES string of the molecule is O=[N+]([O-])c1ccc(-c2nc(/C(=N/Nc3ccccc3)c3ccccc3)no2)cc1. The summed E-state index contributed by atoms with van der Waals surface area (Å²) in [5.41, 5.74) is 5.71. The Balaban J connectivity index is 1.67. The summed E-state index contributed by atoms with van der Waals surface area (Å²) in [6.07, 6.45) is 0. The van der Waals surface area contributed by atoms with Gasteiger partial charge < -0.3 is 4.52 Å². The second-order valence-corrected chi connectivity index (χ2v) is 6.03. The average molecular weight is 385 g/mol. The lowest BCUT2D eigenvalue weighted by atomic mass is 10.1. The van der Waals surface area contributed by atoms with Crippen molar-refractivity contribution in [2.45, 2.75) is 0 Å². The predicted molar refractivity (Wildman–Crippen MR) is 109 cm³/mol. The molecule has 0 amide bonds. The van der Waals surface area contributed by atoms with Crippen LogP contribution in [-0.2, 0) is 0 Å². The van der Waals surface area contributed by atoms with E-state index in [0.717, 1.165) is 11.3 Å². The Hall–Kier alpha value is -4.33. The molecule has 0 saturated carbocycles. The quantitative estimate of drug-likeness (QED) is 0.297. The van der Waals surface area contributed by atoms with Gasteiger partial charge in [-0.25, -0.2) is 0 Å². The lowest BCUT2D eigenvalue weighted by Crippen LogP contribution is -2.08. The minimum atomic E-state index is -0.460. The summed E-state index contributed by atoms with van der Waals surface area (Å²) in [5, 5.41) is 19.3. The van der Waals surface area contributed by atoms with Gasteiger partial charge in [0, 0.05) is 23.3 Å². The monoisotopic (exact) mass is 385 g/mol. The number of nitrogens with zero attached hydrogens (tertiary/aromatic N) is 4. The highest BCUT2D eigenvalue weighted by atomic mass is 16.6. The average Bonchev–Trinajstić information content (AvgIpc) is 3.25. The van der Waals surface area contributed by atoms with Gasteiger partial charge in [-0.1, -0.05) is 53.7 Å². The molecule has 3 aromatic carbocycles. The van der Waals surface area contributed by atoms with E-state index in [1.807, 2.05) is 60.7 Å². The molecule has 0 aliphatic carbocycles. The predicted octanol–water partition coefficient (Wildman–Crippen LogP) is 4.51. The lowest BCUT2D eigenvalue weighted by molar-refractivity contribution is -0.384. The maximum Gasteiger partial charge on any atom is 0.269 e. The van der Waals surface area contributed by atoms with Gasteiger partial charge in [-0.3, -0.25) is 15.5 Å². The van der Waals surface area contributed by atoms with E-state index < -0.39 is 4.92 Å². The molecule has 1 aromatic heterocycles. The van der Waals surface area contributed by atoms with Crippen molar-refractivity contribution in [1.82, 2.24) is 10.1 Å². The molecule has 1 heterocycles. The Morgan fingerprint density at radius 2 is 1.59 bits per heavy atom. The molecular formula is C21H15N5O3. The number of aromatic nitrogens is 2. The first kappa shape index (κ1) is 18.1. The van der Waals surface area contributed by atoms with Crippen molar-refractivity contribution in [3.05, 3.63) is 106 Å². The van der Waals surface area contributed by atoms with Crippen LogP contribution >= 0.6 is 0 Å². The van der Waals surface area contributed by atoms with Gasteiger partial charge >= 0.3 is 0 Å². The molecule has 0 atom stereocenters. The molecule has 1 N–H and O–H groups in total. The summed E-state index contributed by atoms with van der Waals surface area (Å²) in [6.45, 7) is 0. The van der Waals surface area contributed by atoms with Gasteiger partial charge in [-0.15, -0.1) is 0 Å². The topological polar surface area (TPSA) is 106 Å². The number of para-hydroxylation sites is 1. The fourth-order valence-corrected chi connectivity index (χ4v) is 2.64. The van der Waals surface area contributed by atoms with Crippen LogP contribution in [0.5, 0.6) is 0 Å². The summed E-state index contributed by atoms with van der Waals surface area (Å²) in [4.78, 5) is 14.8. The third-order valence-electron chi connectivity index (χ3n) is 4.08. The zero-order chi connectivity index (χ0) is 20.1. The molecule has 8 nitrogen and oxygen atoms in total. The number of hydrogen-bond donors (Lipinski definition) is 1. The van der Waals surface area contributed by atoms with E-state index in [2.05, 4.69) is 20.7 Å². The smallest absolute Gasteiger partial charge is 0.269 e. The first-order valence-corrected chi connectivity index (χ1v) is 8.74. The van der Waals surface area contributed by atoms with Crippen molar-refractivity contribution in [3.8, 4) is 11.5 Å². The Morgan fingerprint density at radius 1 is 0.931 bits per heavy atom. The molecule has 0 radical (unpaired) electrons. The fourth-order valence-electron chi connectivity index (χ4n) is 2.64. The largest absolute Gasteiger partial charge is 0.334 e. The van der Waals surface area contributed by atoms with Crippen molar-refractivity contribution in [1.29, 1.82) is 0 Å². The Kier molecular flexibility index (Phi) is 5.06. The van der Waals surface area contributed by atoms with Crippen LogP contribution in [0.1, 0.15) is 11.4 Å². The summed E-state index contributed by atoms with van der Waals surface area (Å²) >= 11 is 0. The minimum Gasteiger partial charge on any atom is -0.334 e. The Bertz CT molecular complexity index is 1140. The zero-order valence-corrected chi connectivity index (χ0v) is 15.1. The van der Waals surface area contributed by atoms with E-state index in [9.17, 15) is 10.1 Å². The van der Waals surface area contributed by atoms with Crippen LogP contribution < -0.4 is 5.43 Å². The molecular weight excluding hydrogens is 370 g/mol. The van der Waals surface area contributed by atoms with Gasteiger partial charge in [-0.05, 0) is 24.3 Å². The van der Waals surface area contributed by atoms with Crippen LogP contribution in [0.15, 0.2) is 94.6 Å². The highest BCUT2D eigenvalue weighted by Crippen LogP contribution is 2.22. The van der Waals surface area contributed by atoms with Crippen LogP contribution in [0.4, 0.5) is 11.4 Å². The Labute approximate surface area is 165 Å². The van der Waals surface area contributed by atoms with Crippen molar-refractivity contribution < 1.29 is 9.45 Å². The summed E-state index contributed by atoms with van der Waals surface area (Å²) in [7, 11) is 0. The normalized spacial score (nSPS) is 11.2. The highest BCUT2D eigenvalue weighted by molar-refractivity contribution is 6.10. The summed E-state index contributed by atoms with van der Waals surface area (Å²) in [6, 6.07) is 24.9. The van der Waals surface area contributed by atoms with Crippen molar-refractivity contribution in [2.75, 3.05) is 5.43 Å². The van der Waals surface area contributed by atoms with Gasteiger partial charge in [0.05, 0.1) is 10.6 Å². The van der Waals surface area contributed by atoms with Crippen molar-refractivity contribution in [2.24, 2.45) is 5.10 Å². The molecule has 4 aromatic rings. The molecule has 8 heteroatoms. The van der Waals surface area contributed by atoms with Gasteiger partial charge in [0.15, 0.2) is 0 Å². The first-order valence-electron chi connectivity index (χ1n) is 8.74. The molecule has 0 fully saturated rings. The first-order chi connectivity index (χ1) is 14.2. The number of hydrogen-bond acceptors (Lipinski definition) is 7. The van der Waals surface area contributed by atoms with Crippen LogP contribution in [0, 0.1) is 10.1 Å². The number of hydrazone groups is 1. The van der Waals surface area contributed by atoms with E-state index in [4.69, 9.17) is 4.52 Å². The van der Waals surface area contributed by atoms with E-state index in [1.165, 1.54) is 12.1 Å². The molecule has 142 valence electrons. The highest BCUT2D eigenvalue weighted by Gasteiger charge is 2.17. The summed E-state index contributed by atoms with van der Waals surface area (Å²) < 4.78 is 5.37. The van der Waals surface area contributed by atoms with E-state index in [1.54, 1.807) is 12.1 Å². The standard InChI is InChI=1S/C21H15N5O3/c27-26(28)18-13-11-16(12-14-18)21-22-20(25-29-21)19(15-7-3-1-4-8-15)24-23-17-9-5-2-6-10-17/h1-14,23H/b24-19+. The minimum absolute atomic E-state index is 0.00733. The van der Waals surface area contributed by atoms with Crippen LogP contribution in [0.25, 0.3) is 11.5 Å². The molecule has 0 saturated heterocycles. The Morgan fingerprint density at radius 3 is 2.24 bits per heavy atom. The maximum atomic E-state index is 10.8.